The lowest BCUT2D eigenvalue weighted by molar-refractivity contribution is -0.135. The van der Waals surface area contributed by atoms with Crippen molar-refractivity contribution in [1.82, 2.24) is 0 Å². The van der Waals surface area contributed by atoms with E-state index in [4.69, 9.17) is 5.11 Å². The molecule has 0 bridgehead atoms. The average molecular weight is 358 g/mol. The van der Waals surface area contributed by atoms with Crippen LogP contribution in [0.3, 0.4) is 0 Å². The van der Waals surface area contributed by atoms with E-state index in [0.717, 1.165) is 0 Å². The number of carboxylic acids is 1. The molecule has 7 heteroatoms. The minimum absolute atomic E-state index is 0.0684. The molecule has 0 saturated heterocycles. The molecule has 0 unspecified atom stereocenters. The third-order valence-corrected chi connectivity index (χ3v) is 6.62. The number of sulfone groups is 1. The average Bonchev–Trinajstić information content (AvgIpc) is 2.18. The van der Waals surface area contributed by atoms with Gasteiger partial charge in [-0.15, -0.1) is 0 Å². The maximum atomic E-state index is 11.8. The summed E-state index contributed by atoms with van der Waals surface area (Å²) in [7, 11) is -4.00. The maximum absolute atomic E-state index is 11.8. The molecule has 82 valence electrons. The number of alkyl halides is 2. The topological polar surface area (TPSA) is 71.4 Å². The number of carbonyl (C=O) groups is 1. The quantitative estimate of drug-likeness (QED) is 0.839. The molecule has 0 spiro atoms. The van der Waals surface area contributed by atoms with Crippen LogP contribution in [0.5, 0.6) is 0 Å². The zero-order chi connectivity index (χ0) is 11.7. The highest BCUT2D eigenvalue weighted by atomic mass is 79.9. The fourth-order valence-corrected chi connectivity index (χ4v) is 3.03. The minimum Gasteiger partial charge on any atom is -0.479 e. The van der Waals surface area contributed by atoms with E-state index >= 15 is 0 Å². The van der Waals surface area contributed by atoms with E-state index in [-0.39, 0.29) is 4.90 Å². The molecule has 0 aromatic heterocycles. The minimum atomic E-state index is -4.00. The highest BCUT2D eigenvalue weighted by molar-refractivity contribution is 9.28. The van der Waals surface area contributed by atoms with Crippen LogP contribution in [0, 0.1) is 0 Å². The number of rotatable bonds is 3. The van der Waals surface area contributed by atoms with E-state index in [1.165, 1.54) is 24.3 Å². The molecule has 0 aliphatic carbocycles. The Labute approximate surface area is 103 Å². The predicted octanol–water partition coefficient (Wildman–Crippen LogP) is 1.99. The largest absolute Gasteiger partial charge is 0.479 e. The SMILES string of the molecule is O=C(O)C(Br)(Br)S(=O)(=O)c1ccccc1. The van der Waals surface area contributed by atoms with Gasteiger partial charge in [0.2, 0.25) is 9.84 Å². The summed E-state index contributed by atoms with van der Waals surface area (Å²) in [6, 6.07) is 7.34. The third-order valence-electron chi connectivity index (χ3n) is 1.64. The van der Waals surface area contributed by atoms with Gasteiger partial charge >= 0.3 is 5.97 Å². The zero-order valence-corrected chi connectivity index (χ0v) is 11.2. The van der Waals surface area contributed by atoms with Crippen molar-refractivity contribution < 1.29 is 18.3 Å². The molecule has 0 radical (unpaired) electrons. The molecule has 1 aromatic carbocycles. The molecule has 0 saturated carbocycles. The molecule has 1 N–H and O–H groups in total. The lowest BCUT2D eigenvalue weighted by Crippen LogP contribution is -2.34. The molecule has 0 fully saturated rings. The van der Waals surface area contributed by atoms with Gasteiger partial charge < -0.3 is 5.11 Å². The fraction of sp³-hybridized carbons (Fsp3) is 0.125. The summed E-state index contributed by atoms with van der Waals surface area (Å²) in [5.74, 6) is -1.52. The Morgan fingerprint density at radius 3 is 2.07 bits per heavy atom. The molecule has 1 aromatic rings. The Kier molecular flexibility index (Phi) is 3.57. The van der Waals surface area contributed by atoms with Crippen molar-refractivity contribution in [2.45, 2.75) is 7.46 Å². The van der Waals surface area contributed by atoms with Crippen molar-refractivity contribution >= 4 is 47.7 Å². The van der Waals surface area contributed by atoms with Crippen molar-refractivity contribution in [2.75, 3.05) is 0 Å². The maximum Gasteiger partial charge on any atom is 0.347 e. The number of aliphatic carboxylic acids is 1. The Morgan fingerprint density at radius 1 is 1.20 bits per heavy atom. The van der Waals surface area contributed by atoms with Crippen LogP contribution in [0.4, 0.5) is 0 Å². The summed E-state index contributed by atoms with van der Waals surface area (Å²) < 4.78 is 21.5. The summed E-state index contributed by atoms with van der Waals surface area (Å²) in [4.78, 5) is 10.7. The molecule has 15 heavy (non-hydrogen) atoms. The van der Waals surface area contributed by atoms with Gasteiger partial charge in [0.05, 0.1) is 4.90 Å². The van der Waals surface area contributed by atoms with E-state index in [0.29, 0.717) is 0 Å². The molecule has 4 nitrogen and oxygen atoms in total. The van der Waals surface area contributed by atoms with Crippen LogP contribution in [-0.2, 0) is 14.6 Å². The molecular weight excluding hydrogens is 352 g/mol. The number of hydrogen-bond donors (Lipinski definition) is 1. The van der Waals surface area contributed by atoms with Crippen LogP contribution < -0.4 is 0 Å². The van der Waals surface area contributed by atoms with Gasteiger partial charge in [0.15, 0.2) is 0 Å². The standard InChI is InChI=1S/C8H6Br2O4S/c9-8(10,7(11)12)15(13,14)6-4-2-1-3-5-6/h1-5H,(H,11,12). The number of benzene rings is 1. The fourth-order valence-electron chi connectivity index (χ4n) is 0.863. The number of hydrogen-bond acceptors (Lipinski definition) is 3. The summed E-state index contributed by atoms with van der Waals surface area (Å²) >= 11 is 5.27. The Hall–Kier alpha value is -0.400. The molecule has 0 heterocycles. The van der Waals surface area contributed by atoms with E-state index in [1.807, 2.05) is 0 Å². The highest BCUT2D eigenvalue weighted by Crippen LogP contribution is 2.37. The summed E-state index contributed by atoms with van der Waals surface area (Å²) in [5.41, 5.74) is 0. The van der Waals surface area contributed by atoms with Crippen LogP contribution in [0.2, 0.25) is 0 Å². The van der Waals surface area contributed by atoms with Crippen molar-refractivity contribution in [2.24, 2.45) is 0 Å². The van der Waals surface area contributed by atoms with Crippen LogP contribution >= 0.6 is 31.9 Å². The molecule has 1 rings (SSSR count). The molecular formula is C8H6Br2O4S. The first-order chi connectivity index (χ1) is 6.80. The Morgan fingerprint density at radius 2 is 1.67 bits per heavy atom. The van der Waals surface area contributed by atoms with Gasteiger partial charge in [-0.3, -0.25) is 0 Å². The van der Waals surface area contributed by atoms with E-state index in [9.17, 15) is 13.2 Å². The van der Waals surface area contributed by atoms with Gasteiger partial charge in [-0.1, -0.05) is 18.2 Å². The monoisotopic (exact) mass is 356 g/mol. The molecule has 0 aliphatic rings. The zero-order valence-electron chi connectivity index (χ0n) is 7.22. The van der Waals surface area contributed by atoms with Gasteiger partial charge in [0.1, 0.15) is 0 Å². The predicted molar refractivity (Wildman–Crippen MR) is 61.8 cm³/mol. The summed E-state index contributed by atoms with van der Waals surface area (Å²) in [6.07, 6.45) is 0. The van der Waals surface area contributed by atoms with Crippen molar-refractivity contribution in [3.05, 3.63) is 30.3 Å². The summed E-state index contributed by atoms with van der Waals surface area (Å²) in [5, 5.41) is 8.77. The van der Waals surface area contributed by atoms with Crippen molar-refractivity contribution in [1.29, 1.82) is 0 Å². The van der Waals surface area contributed by atoms with Crippen molar-refractivity contribution in [3.8, 4) is 0 Å². The van der Waals surface area contributed by atoms with Gasteiger partial charge in [-0.05, 0) is 44.0 Å². The first-order valence-electron chi connectivity index (χ1n) is 3.71. The van der Waals surface area contributed by atoms with Crippen LogP contribution in [0.1, 0.15) is 0 Å². The second-order valence-electron chi connectivity index (χ2n) is 2.64. The third kappa shape index (κ3) is 2.24. The highest BCUT2D eigenvalue weighted by Gasteiger charge is 2.47. The van der Waals surface area contributed by atoms with Crippen molar-refractivity contribution in [3.63, 3.8) is 0 Å². The number of carboxylic acid groups (broad SMARTS) is 1. The first-order valence-corrected chi connectivity index (χ1v) is 6.78. The van der Waals surface area contributed by atoms with Crippen LogP contribution in [0.15, 0.2) is 35.2 Å². The Bertz CT molecular complexity index is 467. The van der Waals surface area contributed by atoms with Crippen LogP contribution in [-0.4, -0.2) is 22.1 Å². The molecule has 0 aliphatic heterocycles. The van der Waals surface area contributed by atoms with Gasteiger partial charge in [-0.25, -0.2) is 13.2 Å². The summed E-state index contributed by atoms with van der Waals surface area (Å²) in [6.45, 7) is 0. The second kappa shape index (κ2) is 4.23. The molecule has 0 amide bonds. The van der Waals surface area contributed by atoms with Gasteiger partial charge in [-0.2, -0.15) is 0 Å². The van der Waals surface area contributed by atoms with Gasteiger partial charge in [0.25, 0.3) is 2.57 Å². The van der Waals surface area contributed by atoms with E-state index < -0.39 is 18.4 Å². The van der Waals surface area contributed by atoms with E-state index in [1.54, 1.807) is 6.07 Å². The van der Waals surface area contributed by atoms with Gasteiger partial charge in [0, 0.05) is 0 Å². The smallest absolute Gasteiger partial charge is 0.347 e. The molecule has 0 atom stereocenters. The van der Waals surface area contributed by atoms with E-state index in [2.05, 4.69) is 31.9 Å². The van der Waals surface area contributed by atoms with Crippen LogP contribution in [0.25, 0.3) is 0 Å². The lowest BCUT2D eigenvalue weighted by Gasteiger charge is -2.15. The lowest BCUT2D eigenvalue weighted by atomic mass is 10.4. The normalized spacial score (nSPS) is 12.4. The first kappa shape index (κ1) is 12.7. The number of halogens is 2. The Balaban J connectivity index is 3.33. The second-order valence-corrected chi connectivity index (χ2v) is 9.22.